The van der Waals surface area contributed by atoms with E-state index in [2.05, 4.69) is 15.0 Å². The monoisotopic (exact) mass is 229 g/mol. The molecule has 0 spiro atoms. The highest BCUT2D eigenvalue weighted by molar-refractivity contribution is 5.83. The molecule has 0 bridgehead atoms. The number of esters is 1. The van der Waals surface area contributed by atoms with Gasteiger partial charge in [0.2, 0.25) is 5.91 Å². The smallest absolute Gasteiger partial charge is 0.325 e. The van der Waals surface area contributed by atoms with Crippen molar-refractivity contribution in [2.45, 2.75) is 0 Å². The van der Waals surface area contributed by atoms with E-state index in [4.69, 9.17) is 0 Å². The van der Waals surface area contributed by atoms with Crippen molar-refractivity contribution >= 4 is 11.9 Å². The van der Waals surface area contributed by atoms with Crippen LogP contribution in [-0.4, -0.2) is 75.1 Å². The van der Waals surface area contributed by atoms with Crippen molar-refractivity contribution in [2.75, 3.05) is 53.4 Å². The molecular formula is C10H19N3O3. The zero-order valence-electron chi connectivity index (χ0n) is 9.86. The molecule has 0 aromatic heterocycles. The van der Waals surface area contributed by atoms with Crippen LogP contribution in [-0.2, 0) is 14.3 Å². The summed E-state index contributed by atoms with van der Waals surface area (Å²) in [7, 11) is 2.93. The highest BCUT2D eigenvalue weighted by Crippen LogP contribution is 1.95. The Hall–Kier alpha value is -1.14. The summed E-state index contributed by atoms with van der Waals surface area (Å²) < 4.78 is 4.50. The standard InChI is InChI=1S/C10H19N3O3/c1-12(8-10(15)16-2)9(14)7-13-5-3-11-4-6-13/h11H,3-8H2,1-2H3. The van der Waals surface area contributed by atoms with Crippen molar-refractivity contribution in [3.8, 4) is 0 Å². The van der Waals surface area contributed by atoms with E-state index in [1.807, 2.05) is 0 Å². The normalized spacial score (nSPS) is 16.9. The van der Waals surface area contributed by atoms with Crippen molar-refractivity contribution < 1.29 is 14.3 Å². The third-order valence-corrected chi connectivity index (χ3v) is 2.59. The molecule has 0 unspecified atom stereocenters. The van der Waals surface area contributed by atoms with Crippen molar-refractivity contribution in [1.29, 1.82) is 0 Å². The van der Waals surface area contributed by atoms with E-state index in [-0.39, 0.29) is 12.5 Å². The SMILES string of the molecule is COC(=O)CN(C)C(=O)CN1CCNCC1. The first-order valence-corrected chi connectivity index (χ1v) is 5.37. The van der Waals surface area contributed by atoms with Gasteiger partial charge in [0.05, 0.1) is 13.7 Å². The van der Waals surface area contributed by atoms with E-state index in [9.17, 15) is 9.59 Å². The summed E-state index contributed by atoms with van der Waals surface area (Å²) in [5.41, 5.74) is 0. The second kappa shape index (κ2) is 6.44. The summed E-state index contributed by atoms with van der Waals surface area (Å²) in [6, 6.07) is 0. The lowest BCUT2D eigenvalue weighted by atomic mass is 10.3. The minimum absolute atomic E-state index is 0.0153. The Morgan fingerprint density at radius 1 is 1.38 bits per heavy atom. The minimum atomic E-state index is -0.392. The number of hydrogen-bond donors (Lipinski definition) is 1. The molecule has 16 heavy (non-hydrogen) atoms. The minimum Gasteiger partial charge on any atom is -0.468 e. The number of nitrogens with one attached hydrogen (secondary N) is 1. The molecule has 1 fully saturated rings. The molecular weight excluding hydrogens is 210 g/mol. The van der Waals surface area contributed by atoms with E-state index >= 15 is 0 Å². The van der Waals surface area contributed by atoms with Crippen molar-refractivity contribution in [3.05, 3.63) is 0 Å². The van der Waals surface area contributed by atoms with Gasteiger partial charge in [0.15, 0.2) is 0 Å². The number of carbonyl (C=O) groups is 2. The fourth-order valence-electron chi connectivity index (χ4n) is 1.53. The summed E-state index contributed by atoms with van der Waals surface area (Å²) >= 11 is 0. The van der Waals surface area contributed by atoms with Crippen molar-refractivity contribution in [3.63, 3.8) is 0 Å². The molecule has 92 valence electrons. The number of likely N-dealkylation sites (N-methyl/N-ethyl adjacent to an activating group) is 1. The van der Waals surface area contributed by atoms with E-state index < -0.39 is 5.97 Å². The number of carbonyl (C=O) groups excluding carboxylic acids is 2. The Morgan fingerprint density at radius 2 is 2.00 bits per heavy atom. The lowest BCUT2D eigenvalue weighted by molar-refractivity contribution is -0.146. The highest BCUT2D eigenvalue weighted by Gasteiger charge is 2.17. The molecule has 0 aromatic rings. The van der Waals surface area contributed by atoms with E-state index in [1.165, 1.54) is 12.0 Å². The van der Waals surface area contributed by atoms with Gasteiger partial charge in [-0.1, -0.05) is 0 Å². The molecule has 1 aliphatic rings. The molecule has 1 rings (SSSR count). The maximum Gasteiger partial charge on any atom is 0.325 e. The van der Waals surface area contributed by atoms with E-state index in [0.717, 1.165) is 26.2 Å². The van der Waals surface area contributed by atoms with Gasteiger partial charge in [0, 0.05) is 33.2 Å². The van der Waals surface area contributed by atoms with Crippen molar-refractivity contribution in [1.82, 2.24) is 15.1 Å². The molecule has 6 nitrogen and oxygen atoms in total. The largest absolute Gasteiger partial charge is 0.468 e. The molecule has 0 radical (unpaired) electrons. The second-order valence-corrected chi connectivity index (χ2v) is 3.85. The van der Waals surface area contributed by atoms with Crippen LogP contribution >= 0.6 is 0 Å². The first-order valence-electron chi connectivity index (χ1n) is 5.37. The van der Waals surface area contributed by atoms with Gasteiger partial charge < -0.3 is 15.0 Å². The average Bonchev–Trinajstić information content (AvgIpc) is 2.30. The molecule has 1 amide bonds. The van der Waals surface area contributed by atoms with Gasteiger partial charge in [-0.25, -0.2) is 0 Å². The van der Waals surface area contributed by atoms with Crippen LogP contribution in [0.15, 0.2) is 0 Å². The maximum atomic E-state index is 11.7. The van der Waals surface area contributed by atoms with Crippen molar-refractivity contribution in [2.24, 2.45) is 0 Å². The van der Waals surface area contributed by atoms with Crippen LogP contribution in [0.25, 0.3) is 0 Å². The lowest BCUT2D eigenvalue weighted by Crippen LogP contribution is -2.48. The third kappa shape index (κ3) is 4.16. The molecule has 0 saturated carbocycles. The summed E-state index contributed by atoms with van der Waals surface area (Å²) in [5.74, 6) is -0.441. The Balaban J connectivity index is 2.29. The van der Waals surface area contributed by atoms with Gasteiger partial charge >= 0.3 is 5.97 Å². The Bertz CT molecular complexity index is 252. The van der Waals surface area contributed by atoms with E-state index in [1.54, 1.807) is 7.05 Å². The van der Waals surface area contributed by atoms with Gasteiger partial charge in [-0.3, -0.25) is 14.5 Å². The number of nitrogens with zero attached hydrogens (tertiary/aromatic N) is 2. The average molecular weight is 229 g/mol. The number of methoxy groups -OCH3 is 1. The van der Waals surface area contributed by atoms with Crippen LogP contribution in [0.1, 0.15) is 0 Å². The molecule has 6 heteroatoms. The fourth-order valence-corrected chi connectivity index (χ4v) is 1.53. The molecule has 0 aromatic carbocycles. The molecule has 1 N–H and O–H groups in total. The van der Waals surface area contributed by atoms with Crippen LogP contribution in [0, 0.1) is 0 Å². The summed E-state index contributed by atoms with van der Waals surface area (Å²) in [5, 5.41) is 3.22. The predicted molar refractivity (Wildman–Crippen MR) is 59.0 cm³/mol. The first-order chi connectivity index (χ1) is 7.63. The topological polar surface area (TPSA) is 61.9 Å². The third-order valence-electron chi connectivity index (χ3n) is 2.59. The summed E-state index contributed by atoms with van der Waals surface area (Å²) in [6.45, 7) is 3.95. The molecule has 1 heterocycles. The quantitative estimate of drug-likeness (QED) is 0.596. The Morgan fingerprint density at radius 3 is 2.56 bits per heavy atom. The summed E-state index contributed by atoms with van der Waals surface area (Å²) in [6.07, 6.45) is 0. The van der Waals surface area contributed by atoms with Crippen LogP contribution in [0.3, 0.4) is 0 Å². The first kappa shape index (κ1) is 12.9. The highest BCUT2D eigenvalue weighted by atomic mass is 16.5. The number of ether oxygens (including phenoxy) is 1. The Labute approximate surface area is 95.5 Å². The fraction of sp³-hybridized carbons (Fsp3) is 0.800. The zero-order valence-corrected chi connectivity index (χ0v) is 9.86. The lowest BCUT2D eigenvalue weighted by Gasteiger charge is -2.28. The number of rotatable bonds is 4. The van der Waals surface area contributed by atoms with Crippen LogP contribution in [0.4, 0.5) is 0 Å². The van der Waals surface area contributed by atoms with Crippen LogP contribution in [0.5, 0.6) is 0 Å². The number of piperazine rings is 1. The molecule has 0 aliphatic carbocycles. The predicted octanol–water partition coefficient (Wildman–Crippen LogP) is -1.48. The van der Waals surface area contributed by atoms with Crippen LogP contribution in [0.2, 0.25) is 0 Å². The number of hydrogen-bond acceptors (Lipinski definition) is 5. The summed E-state index contributed by atoms with van der Waals surface area (Å²) in [4.78, 5) is 26.2. The van der Waals surface area contributed by atoms with Gasteiger partial charge in [0.1, 0.15) is 6.54 Å². The van der Waals surface area contributed by atoms with E-state index in [0.29, 0.717) is 6.54 Å². The van der Waals surface area contributed by atoms with Gasteiger partial charge in [-0.05, 0) is 0 Å². The molecule has 1 aliphatic heterocycles. The van der Waals surface area contributed by atoms with Gasteiger partial charge in [-0.15, -0.1) is 0 Å². The number of amides is 1. The zero-order chi connectivity index (χ0) is 12.0. The second-order valence-electron chi connectivity index (χ2n) is 3.85. The van der Waals surface area contributed by atoms with Gasteiger partial charge in [0.25, 0.3) is 0 Å². The molecule has 1 saturated heterocycles. The molecule has 0 atom stereocenters. The van der Waals surface area contributed by atoms with Crippen LogP contribution < -0.4 is 5.32 Å². The maximum absolute atomic E-state index is 11.7. The van der Waals surface area contributed by atoms with Gasteiger partial charge in [-0.2, -0.15) is 0 Å². The Kier molecular flexibility index (Phi) is 5.21.